The van der Waals surface area contributed by atoms with E-state index >= 15 is 0 Å². The molecule has 1 aliphatic heterocycles. The highest BCUT2D eigenvalue weighted by Crippen LogP contribution is 2.35. The second kappa shape index (κ2) is 19.6. The van der Waals surface area contributed by atoms with E-state index in [4.69, 9.17) is 9.47 Å². The number of ether oxygens (including phenoxy) is 2. The van der Waals surface area contributed by atoms with E-state index in [9.17, 15) is 28.8 Å². The van der Waals surface area contributed by atoms with Gasteiger partial charge in [0.2, 0.25) is 17.6 Å². The number of carbonyl (C=O) groups excluding carboxylic acids is 6. The summed E-state index contributed by atoms with van der Waals surface area (Å²) in [5.41, 5.74) is 1.69. The molecule has 5 N–H and O–H groups in total. The number of hydrogen-bond acceptors (Lipinski definition) is 8. The number of hydrogen-bond donors (Lipinski definition) is 5. The molecule has 2 aliphatic rings. The van der Waals surface area contributed by atoms with Crippen LogP contribution in [-0.4, -0.2) is 105 Å². The third kappa shape index (κ3) is 11.4. The number of urea groups is 1. The highest BCUT2D eigenvalue weighted by molar-refractivity contribution is 6.38. The van der Waals surface area contributed by atoms with E-state index in [0.29, 0.717) is 32.2 Å². The molecule has 1 aromatic carbocycles. The Labute approximate surface area is 308 Å². The molecule has 0 aromatic heterocycles. The van der Waals surface area contributed by atoms with E-state index in [0.717, 1.165) is 11.1 Å². The van der Waals surface area contributed by atoms with Crippen LogP contribution in [0.2, 0.25) is 0 Å². The van der Waals surface area contributed by atoms with Gasteiger partial charge in [-0.05, 0) is 66.9 Å². The lowest BCUT2D eigenvalue weighted by molar-refractivity contribution is -0.144. The molecule has 0 spiro atoms. The van der Waals surface area contributed by atoms with Crippen molar-refractivity contribution >= 4 is 35.6 Å². The second-order valence-electron chi connectivity index (χ2n) is 15.2. The predicted molar refractivity (Wildman–Crippen MR) is 196 cm³/mol. The average Bonchev–Trinajstić information content (AvgIpc) is 3.73. The summed E-state index contributed by atoms with van der Waals surface area (Å²) in [7, 11) is 1.49. The van der Waals surface area contributed by atoms with Crippen LogP contribution in [0.25, 0.3) is 0 Å². The normalized spacial score (nSPS) is 18.9. The minimum Gasteiger partial charge on any atom is -0.447 e. The molecule has 14 heteroatoms. The van der Waals surface area contributed by atoms with Crippen LogP contribution in [0.5, 0.6) is 0 Å². The Morgan fingerprint density at radius 2 is 1.60 bits per heavy atom. The van der Waals surface area contributed by atoms with Crippen LogP contribution in [0, 0.1) is 23.2 Å². The highest BCUT2D eigenvalue weighted by atomic mass is 16.5. The van der Waals surface area contributed by atoms with Crippen LogP contribution in [0.4, 0.5) is 9.59 Å². The number of carbonyl (C=O) groups is 6. The first-order valence-electron chi connectivity index (χ1n) is 18.6. The molecule has 5 atom stereocenters. The molecule has 6 amide bonds. The summed E-state index contributed by atoms with van der Waals surface area (Å²) in [5, 5.41) is 13.8. The van der Waals surface area contributed by atoms with Crippen molar-refractivity contribution in [1.29, 1.82) is 0 Å². The van der Waals surface area contributed by atoms with Crippen LogP contribution in [-0.2, 0) is 41.5 Å². The number of Topliss-reactive ketones (excluding diaryl/α,β-unsaturated/α-hetero) is 1. The van der Waals surface area contributed by atoms with Crippen molar-refractivity contribution in [3.8, 4) is 0 Å². The van der Waals surface area contributed by atoms with Gasteiger partial charge in [0.25, 0.3) is 5.91 Å². The molecule has 1 aromatic rings. The molecular weight excluding hydrogens is 668 g/mol. The number of likely N-dealkylation sites (tertiary alicyclic amines) is 1. The molecule has 1 saturated heterocycles. The second-order valence-corrected chi connectivity index (χ2v) is 15.2. The number of nitrogens with one attached hydrogen (secondary N) is 5. The SMILES string of the molecule is CCCC(NC(=O)C1[C@@H](C(C)C)CCN1C(=O)C(NC(=O)N[C@H](COC(=O)NCC)C(C)(C)C)C1Cc2ccccc2C1)C(=O)C(=O)NCCOC. The van der Waals surface area contributed by atoms with Crippen LogP contribution in [0.1, 0.15) is 78.9 Å². The number of rotatable bonds is 17. The smallest absolute Gasteiger partial charge is 0.407 e. The van der Waals surface area contributed by atoms with Crippen LogP contribution in [0.3, 0.4) is 0 Å². The van der Waals surface area contributed by atoms with Gasteiger partial charge >= 0.3 is 12.1 Å². The number of nitrogens with zero attached hydrogens (tertiary/aromatic N) is 1. The summed E-state index contributed by atoms with van der Waals surface area (Å²) in [6.45, 7) is 14.3. The third-order valence-electron chi connectivity index (χ3n) is 10.0. The van der Waals surface area contributed by atoms with Crippen molar-refractivity contribution in [1.82, 2.24) is 31.5 Å². The van der Waals surface area contributed by atoms with Gasteiger partial charge in [-0.2, -0.15) is 0 Å². The monoisotopic (exact) mass is 728 g/mol. The maximum atomic E-state index is 14.8. The van der Waals surface area contributed by atoms with Crippen LogP contribution in [0.15, 0.2) is 24.3 Å². The first-order valence-corrected chi connectivity index (χ1v) is 18.6. The number of methoxy groups -OCH3 is 1. The van der Waals surface area contributed by atoms with Gasteiger partial charge in [0.1, 0.15) is 18.7 Å². The van der Waals surface area contributed by atoms with E-state index in [-0.39, 0.29) is 50.5 Å². The Bertz CT molecular complexity index is 1390. The quantitative estimate of drug-likeness (QED) is 0.120. The molecule has 290 valence electrons. The predicted octanol–water partition coefficient (Wildman–Crippen LogP) is 2.72. The van der Waals surface area contributed by atoms with Crippen LogP contribution < -0.4 is 26.6 Å². The Hall–Kier alpha value is -4.20. The van der Waals surface area contributed by atoms with E-state index < -0.39 is 65.2 Å². The van der Waals surface area contributed by atoms with Crippen molar-refractivity contribution in [3.05, 3.63) is 35.4 Å². The van der Waals surface area contributed by atoms with E-state index in [1.807, 2.05) is 65.8 Å². The number of amides is 6. The van der Waals surface area contributed by atoms with E-state index in [2.05, 4.69) is 26.6 Å². The fraction of sp³-hybridized carbons (Fsp3) is 0.684. The zero-order valence-corrected chi connectivity index (χ0v) is 32.1. The summed E-state index contributed by atoms with van der Waals surface area (Å²) in [6, 6.07) is 3.78. The van der Waals surface area contributed by atoms with E-state index in [1.165, 1.54) is 7.11 Å². The molecule has 0 saturated carbocycles. The molecule has 3 unspecified atom stereocenters. The first kappa shape index (κ1) is 42.2. The van der Waals surface area contributed by atoms with Gasteiger partial charge < -0.3 is 41.0 Å². The van der Waals surface area contributed by atoms with Gasteiger partial charge in [-0.3, -0.25) is 19.2 Å². The molecule has 0 radical (unpaired) electrons. The van der Waals surface area contributed by atoms with Crippen LogP contribution >= 0.6 is 0 Å². The third-order valence-corrected chi connectivity index (χ3v) is 10.0. The van der Waals surface area contributed by atoms with Crippen molar-refractivity contribution in [2.75, 3.05) is 40.0 Å². The van der Waals surface area contributed by atoms with Gasteiger partial charge in [0.05, 0.1) is 18.7 Å². The van der Waals surface area contributed by atoms with E-state index in [1.54, 1.807) is 11.8 Å². The van der Waals surface area contributed by atoms with Crippen molar-refractivity contribution in [2.24, 2.45) is 23.2 Å². The average molecular weight is 729 g/mol. The Balaban J connectivity index is 1.89. The fourth-order valence-corrected chi connectivity index (χ4v) is 7.02. The summed E-state index contributed by atoms with van der Waals surface area (Å²) < 4.78 is 10.3. The standard InChI is InChI=1S/C38H60N6O8/c1-9-13-28(32(45)34(47)40-17-19-51-8)41-33(46)31-27(23(3)4)16-18-44(31)35(48)30(26-20-24-14-11-12-15-25(24)21-26)43-36(49)42-29(38(5,6)7)22-52-37(50)39-10-2/h11-12,14-15,23,26-31H,9-10,13,16-22H2,1-8H3,(H,39,50)(H,40,47)(H,41,46)(H2,42,43,49)/t27-,28?,29-,30?,31?/m1/s1. The van der Waals surface area contributed by atoms with Crippen molar-refractivity contribution < 1.29 is 38.2 Å². The number of ketones is 1. The van der Waals surface area contributed by atoms with Gasteiger partial charge in [0, 0.05) is 26.7 Å². The minimum absolute atomic E-state index is 0.0223. The Morgan fingerprint density at radius 3 is 2.15 bits per heavy atom. The maximum absolute atomic E-state index is 14.8. The first-order chi connectivity index (χ1) is 24.6. The minimum atomic E-state index is -1.06. The van der Waals surface area contributed by atoms with Crippen molar-refractivity contribution in [3.63, 3.8) is 0 Å². The summed E-state index contributed by atoms with van der Waals surface area (Å²) in [5.74, 6) is -2.95. The fourth-order valence-electron chi connectivity index (χ4n) is 7.02. The topological polar surface area (TPSA) is 184 Å². The maximum Gasteiger partial charge on any atom is 0.407 e. The molecule has 1 aliphatic carbocycles. The largest absolute Gasteiger partial charge is 0.447 e. The Kier molecular flexibility index (Phi) is 15.9. The lowest BCUT2D eigenvalue weighted by atomic mass is 9.87. The highest BCUT2D eigenvalue weighted by Gasteiger charge is 2.47. The lowest BCUT2D eigenvalue weighted by Crippen LogP contribution is -2.61. The summed E-state index contributed by atoms with van der Waals surface area (Å²) >= 11 is 0. The van der Waals surface area contributed by atoms with Gasteiger partial charge in [-0.1, -0.05) is 72.2 Å². The summed E-state index contributed by atoms with van der Waals surface area (Å²) in [4.78, 5) is 82.1. The number of fused-ring (bicyclic) bond motifs is 1. The van der Waals surface area contributed by atoms with Gasteiger partial charge in [-0.25, -0.2) is 9.59 Å². The van der Waals surface area contributed by atoms with Crippen molar-refractivity contribution in [2.45, 2.75) is 105 Å². The molecular formula is C38H60N6O8. The lowest BCUT2D eigenvalue weighted by Gasteiger charge is -2.35. The molecule has 1 heterocycles. The number of alkyl carbamates (subject to hydrolysis) is 1. The molecule has 0 bridgehead atoms. The van der Waals surface area contributed by atoms with Gasteiger partial charge in [-0.15, -0.1) is 0 Å². The molecule has 52 heavy (non-hydrogen) atoms. The summed E-state index contributed by atoms with van der Waals surface area (Å²) in [6.07, 6.45) is 1.86. The number of benzene rings is 1. The van der Waals surface area contributed by atoms with Gasteiger partial charge in [0.15, 0.2) is 0 Å². The zero-order chi connectivity index (χ0) is 38.6. The molecule has 14 nitrogen and oxygen atoms in total. The Morgan fingerprint density at radius 1 is 0.942 bits per heavy atom. The molecule has 1 fully saturated rings. The zero-order valence-electron chi connectivity index (χ0n) is 32.1. The molecule has 3 rings (SSSR count).